The highest BCUT2D eigenvalue weighted by Crippen LogP contribution is 2.39. The number of amides is 1. The first-order valence-electron chi connectivity index (χ1n) is 7.22. The fourth-order valence-corrected chi connectivity index (χ4v) is 3.23. The van der Waals surface area contributed by atoms with Gasteiger partial charge in [0.15, 0.2) is 0 Å². The maximum atomic E-state index is 11.6. The van der Waals surface area contributed by atoms with Crippen LogP contribution in [-0.4, -0.2) is 36.0 Å². The molecule has 2 fully saturated rings. The van der Waals surface area contributed by atoms with E-state index in [1.54, 1.807) is 0 Å². The number of rotatable bonds is 5. The van der Waals surface area contributed by atoms with Crippen LogP contribution in [0.4, 0.5) is 0 Å². The Morgan fingerprint density at radius 1 is 1.22 bits per heavy atom. The van der Waals surface area contributed by atoms with Gasteiger partial charge in [0.05, 0.1) is 0 Å². The molecule has 0 heterocycles. The van der Waals surface area contributed by atoms with Crippen molar-refractivity contribution in [3.63, 3.8) is 0 Å². The fraction of sp³-hybridized carbons (Fsp3) is 0.929. The number of hydrogen-bond donors (Lipinski definition) is 2. The average Bonchev–Trinajstić information content (AvgIpc) is 3.13. The van der Waals surface area contributed by atoms with Crippen LogP contribution < -0.4 is 11.5 Å². The van der Waals surface area contributed by atoms with Gasteiger partial charge in [-0.1, -0.05) is 6.92 Å². The summed E-state index contributed by atoms with van der Waals surface area (Å²) in [6.07, 6.45) is 7.11. The molecule has 0 radical (unpaired) electrons. The zero-order valence-corrected chi connectivity index (χ0v) is 11.7. The van der Waals surface area contributed by atoms with Crippen molar-refractivity contribution in [2.24, 2.45) is 23.3 Å². The summed E-state index contributed by atoms with van der Waals surface area (Å²) < 4.78 is 0. The third kappa shape index (κ3) is 2.86. The molecule has 0 spiro atoms. The summed E-state index contributed by atoms with van der Waals surface area (Å²) in [7, 11) is 2.09. The van der Waals surface area contributed by atoms with E-state index in [1.165, 1.54) is 25.7 Å². The molecule has 18 heavy (non-hydrogen) atoms. The van der Waals surface area contributed by atoms with Gasteiger partial charge in [-0.05, 0) is 57.4 Å². The number of carbonyl (C=O) groups is 1. The largest absolute Gasteiger partial charge is 0.368 e. The Labute approximate surface area is 110 Å². The van der Waals surface area contributed by atoms with Crippen molar-refractivity contribution in [1.29, 1.82) is 0 Å². The number of likely N-dealkylation sites (N-methyl/N-ethyl adjacent to an activating group) is 1. The minimum absolute atomic E-state index is 0.306. The first kappa shape index (κ1) is 13.8. The van der Waals surface area contributed by atoms with Gasteiger partial charge < -0.3 is 16.4 Å². The molecule has 0 aromatic rings. The second kappa shape index (κ2) is 5.17. The summed E-state index contributed by atoms with van der Waals surface area (Å²) in [5, 5.41) is 0. The van der Waals surface area contributed by atoms with E-state index in [0.717, 1.165) is 18.8 Å². The molecular formula is C14H27N3O. The lowest BCUT2D eigenvalue weighted by atomic mass is 9.85. The minimum Gasteiger partial charge on any atom is -0.368 e. The molecule has 1 unspecified atom stereocenters. The predicted molar refractivity (Wildman–Crippen MR) is 72.9 cm³/mol. The fourth-order valence-electron chi connectivity index (χ4n) is 3.23. The predicted octanol–water partition coefficient (Wildman–Crippen LogP) is 1.09. The van der Waals surface area contributed by atoms with Gasteiger partial charge in [0.1, 0.15) is 5.54 Å². The van der Waals surface area contributed by atoms with E-state index in [9.17, 15) is 4.79 Å². The van der Waals surface area contributed by atoms with Gasteiger partial charge in [-0.2, -0.15) is 0 Å². The smallest absolute Gasteiger partial charge is 0.239 e. The average molecular weight is 253 g/mol. The molecule has 0 aromatic heterocycles. The van der Waals surface area contributed by atoms with E-state index in [-0.39, 0.29) is 5.91 Å². The number of nitrogens with zero attached hydrogens (tertiary/aromatic N) is 1. The number of nitrogens with two attached hydrogens (primary N) is 2. The zero-order chi connectivity index (χ0) is 13.3. The van der Waals surface area contributed by atoms with Gasteiger partial charge >= 0.3 is 0 Å². The lowest BCUT2D eigenvalue weighted by Gasteiger charge is -2.38. The van der Waals surface area contributed by atoms with Gasteiger partial charge in [0, 0.05) is 12.6 Å². The minimum atomic E-state index is -0.808. The van der Waals surface area contributed by atoms with E-state index in [2.05, 4.69) is 18.9 Å². The second-order valence-corrected chi connectivity index (χ2v) is 6.51. The summed E-state index contributed by atoms with van der Waals surface area (Å²) in [6.45, 7) is 2.93. The maximum Gasteiger partial charge on any atom is 0.239 e. The first-order valence-corrected chi connectivity index (χ1v) is 7.22. The van der Waals surface area contributed by atoms with E-state index < -0.39 is 5.54 Å². The van der Waals surface area contributed by atoms with Crippen LogP contribution in [0.2, 0.25) is 0 Å². The normalized spacial score (nSPS) is 32.2. The summed E-state index contributed by atoms with van der Waals surface area (Å²) >= 11 is 0. The highest BCUT2D eigenvalue weighted by Gasteiger charge is 2.47. The second-order valence-electron chi connectivity index (χ2n) is 6.51. The monoisotopic (exact) mass is 253 g/mol. The Morgan fingerprint density at radius 2 is 1.78 bits per heavy atom. The Hall–Kier alpha value is -0.610. The SMILES string of the molecule is CC1CCC(N(C)CC(N)(C(N)=O)C2CC2)CC1. The molecule has 0 saturated heterocycles. The Bertz CT molecular complexity index is 308. The van der Waals surface area contributed by atoms with Crippen molar-refractivity contribution in [3.8, 4) is 0 Å². The molecule has 4 N–H and O–H groups in total. The lowest BCUT2D eigenvalue weighted by molar-refractivity contribution is -0.124. The van der Waals surface area contributed by atoms with E-state index >= 15 is 0 Å². The Kier molecular flexibility index (Phi) is 3.97. The third-order valence-corrected chi connectivity index (χ3v) is 4.88. The molecule has 0 aliphatic heterocycles. The number of carbonyl (C=O) groups excluding carboxylic acids is 1. The van der Waals surface area contributed by atoms with Crippen LogP contribution >= 0.6 is 0 Å². The summed E-state index contributed by atoms with van der Waals surface area (Å²) in [4.78, 5) is 13.9. The van der Waals surface area contributed by atoms with Gasteiger partial charge in [-0.25, -0.2) is 0 Å². The van der Waals surface area contributed by atoms with Crippen molar-refractivity contribution in [2.75, 3.05) is 13.6 Å². The van der Waals surface area contributed by atoms with Crippen molar-refractivity contribution >= 4 is 5.91 Å². The van der Waals surface area contributed by atoms with E-state index in [4.69, 9.17) is 11.5 Å². The van der Waals surface area contributed by atoms with E-state index in [0.29, 0.717) is 18.5 Å². The summed E-state index contributed by atoms with van der Waals surface area (Å²) in [5.74, 6) is 0.817. The molecular weight excluding hydrogens is 226 g/mol. The molecule has 2 aliphatic carbocycles. The molecule has 4 nitrogen and oxygen atoms in total. The molecule has 104 valence electrons. The molecule has 2 saturated carbocycles. The van der Waals surface area contributed by atoms with Crippen LogP contribution in [-0.2, 0) is 4.79 Å². The Morgan fingerprint density at radius 3 is 2.22 bits per heavy atom. The summed E-state index contributed by atoms with van der Waals surface area (Å²) in [5.41, 5.74) is 11.0. The number of hydrogen-bond acceptors (Lipinski definition) is 3. The quantitative estimate of drug-likeness (QED) is 0.770. The molecule has 1 atom stereocenters. The first-order chi connectivity index (χ1) is 8.43. The van der Waals surface area contributed by atoms with Crippen LogP contribution in [0.1, 0.15) is 45.4 Å². The van der Waals surface area contributed by atoms with Crippen LogP contribution in [0.15, 0.2) is 0 Å². The number of primary amides is 1. The molecule has 4 heteroatoms. The Balaban J connectivity index is 1.92. The molecule has 1 amide bonds. The van der Waals surface area contributed by atoms with Crippen LogP contribution in [0.3, 0.4) is 0 Å². The van der Waals surface area contributed by atoms with Gasteiger partial charge in [-0.15, -0.1) is 0 Å². The summed E-state index contributed by atoms with van der Waals surface area (Å²) in [6, 6.07) is 0.572. The standard InChI is InChI=1S/C14H27N3O/c1-10-3-7-12(8-4-10)17(2)9-14(16,13(15)18)11-5-6-11/h10-12H,3-9,16H2,1-2H3,(H2,15,18). The molecule has 0 bridgehead atoms. The van der Waals surface area contributed by atoms with Gasteiger partial charge in [-0.3, -0.25) is 4.79 Å². The zero-order valence-electron chi connectivity index (χ0n) is 11.7. The van der Waals surface area contributed by atoms with Gasteiger partial charge in [0.2, 0.25) is 5.91 Å². The highest BCUT2D eigenvalue weighted by molar-refractivity contribution is 5.85. The van der Waals surface area contributed by atoms with Crippen LogP contribution in [0.25, 0.3) is 0 Å². The topological polar surface area (TPSA) is 72.3 Å². The third-order valence-electron chi connectivity index (χ3n) is 4.88. The van der Waals surface area contributed by atoms with Crippen LogP contribution in [0, 0.1) is 11.8 Å². The molecule has 2 aliphatic rings. The van der Waals surface area contributed by atoms with Crippen molar-refractivity contribution < 1.29 is 4.79 Å². The lowest BCUT2D eigenvalue weighted by Crippen LogP contribution is -2.61. The molecule has 0 aromatic carbocycles. The van der Waals surface area contributed by atoms with E-state index in [1.807, 2.05) is 0 Å². The van der Waals surface area contributed by atoms with Gasteiger partial charge in [0.25, 0.3) is 0 Å². The molecule has 2 rings (SSSR count). The maximum absolute atomic E-state index is 11.6. The van der Waals surface area contributed by atoms with Crippen molar-refractivity contribution in [1.82, 2.24) is 4.90 Å². The van der Waals surface area contributed by atoms with Crippen molar-refractivity contribution in [2.45, 2.75) is 57.0 Å². The van der Waals surface area contributed by atoms with Crippen LogP contribution in [0.5, 0.6) is 0 Å². The highest BCUT2D eigenvalue weighted by atomic mass is 16.1. The van der Waals surface area contributed by atoms with Crippen molar-refractivity contribution in [3.05, 3.63) is 0 Å².